The fourth-order valence-corrected chi connectivity index (χ4v) is 7.28. The molecule has 6 heteroatoms. The number of hydrogen-bond acceptors (Lipinski definition) is 6. The molecule has 0 radical (unpaired) electrons. The Morgan fingerprint density at radius 3 is 2.34 bits per heavy atom. The summed E-state index contributed by atoms with van der Waals surface area (Å²) in [5.74, 6) is 0.700. The first-order chi connectivity index (χ1) is 14.7. The summed E-state index contributed by atoms with van der Waals surface area (Å²) >= 11 is 0. The zero-order valence-corrected chi connectivity index (χ0v) is 20.9. The van der Waals surface area contributed by atoms with Gasteiger partial charge in [-0.3, -0.25) is 0 Å². The molecule has 0 unspecified atom stereocenters. The lowest BCUT2D eigenvalue weighted by molar-refractivity contribution is -0.313. The van der Waals surface area contributed by atoms with Crippen LogP contribution in [-0.4, -0.2) is 62.3 Å². The standard InChI is InChI=1S/C26H46O6/c1-8-24(5,32-22-21(29)20(28)19(27)16(2)31-22)14-10-18-25(6)13-9-12-23(3,4)17(25)11-15-26(18,7)30/h8,16-22,27-30H,1,9-15H2,2-7H3/t16-,17+,18-,19+,20+,21-,22+,24+,25+,26-/m1/s1. The van der Waals surface area contributed by atoms with Gasteiger partial charge in [-0.2, -0.15) is 0 Å². The van der Waals surface area contributed by atoms with Gasteiger partial charge >= 0.3 is 0 Å². The lowest BCUT2D eigenvalue weighted by Gasteiger charge is -2.61. The molecule has 186 valence electrons. The van der Waals surface area contributed by atoms with E-state index in [1.165, 1.54) is 12.8 Å². The van der Waals surface area contributed by atoms with Crippen LogP contribution >= 0.6 is 0 Å². The van der Waals surface area contributed by atoms with Crippen molar-refractivity contribution in [3.63, 3.8) is 0 Å². The Balaban J connectivity index is 1.76. The molecule has 6 nitrogen and oxygen atoms in total. The van der Waals surface area contributed by atoms with E-state index in [4.69, 9.17) is 9.47 Å². The Labute approximate surface area is 194 Å². The molecule has 32 heavy (non-hydrogen) atoms. The van der Waals surface area contributed by atoms with Gasteiger partial charge in [-0.25, -0.2) is 0 Å². The summed E-state index contributed by atoms with van der Waals surface area (Å²) in [6.45, 7) is 16.6. The van der Waals surface area contributed by atoms with E-state index in [0.29, 0.717) is 12.3 Å². The molecule has 0 amide bonds. The third kappa shape index (κ3) is 4.69. The molecule has 1 aliphatic heterocycles. The van der Waals surface area contributed by atoms with E-state index in [0.717, 1.165) is 25.7 Å². The highest BCUT2D eigenvalue weighted by Gasteiger charge is 2.58. The summed E-state index contributed by atoms with van der Waals surface area (Å²) in [4.78, 5) is 0. The van der Waals surface area contributed by atoms with Gasteiger partial charge in [0.05, 0.1) is 17.3 Å². The van der Waals surface area contributed by atoms with Gasteiger partial charge in [-0.15, -0.1) is 6.58 Å². The minimum absolute atomic E-state index is 0.0568. The summed E-state index contributed by atoms with van der Waals surface area (Å²) in [6, 6.07) is 0. The van der Waals surface area contributed by atoms with Crippen molar-refractivity contribution in [1.82, 2.24) is 0 Å². The molecule has 0 bridgehead atoms. The Hall–Kier alpha value is -0.500. The topological polar surface area (TPSA) is 99.4 Å². The van der Waals surface area contributed by atoms with Crippen LogP contribution in [0.25, 0.3) is 0 Å². The van der Waals surface area contributed by atoms with Crippen molar-refractivity contribution in [2.24, 2.45) is 22.7 Å². The number of aliphatic hydroxyl groups is 4. The third-order valence-corrected chi connectivity index (χ3v) is 9.32. The van der Waals surface area contributed by atoms with Crippen molar-refractivity contribution < 1.29 is 29.9 Å². The molecule has 10 atom stereocenters. The average molecular weight is 455 g/mol. The van der Waals surface area contributed by atoms with Crippen molar-refractivity contribution >= 4 is 0 Å². The molecule has 3 aliphatic rings. The largest absolute Gasteiger partial charge is 0.390 e. The van der Waals surface area contributed by atoms with Crippen molar-refractivity contribution in [2.45, 2.75) is 128 Å². The third-order valence-electron chi connectivity index (χ3n) is 9.32. The van der Waals surface area contributed by atoms with Crippen LogP contribution in [0.15, 0.2) is 12.7 Å². The lowest BCUT2D eigenvalue weighted by atomic mass is 9.45. The molecule has 1 saturated heterocycles. The molecular formula is C26H46O6. The monoisotopic (exact) mass is 454 g/mol. The van der Waals surface area contributed by atoms with Crippen LogP contribution in [0.4, 0.5) is 0 Å². The predicted octanol–water partition coefficient (Wildman–Crippen LogP) is 3.55. The van der Waals surface area contributed by atoms with E-state index in [-0.39, 0.29) is 16.7 Å². The first-order valence-electron chi connectivity index (χ1n) is 12.4. The minimum atomic E-state index is -1.35. The maximum atomic E-state index is 11.4. The maximum Gasteiger partial charge on any atom is 0.187 e. The second kappa shape index (κ2) is 8.94. The fraction of sp³-hybridized carbons (Fsp3) is 0.923. The van der Waals surface area contributed by atoms with E-state index in [2.05, 4.69) is 27.4 Å². The molecule has 1 heterocycles. The number of fused-ring (bicyclic) bond motifs is 1. The second-order valence-electron chi connectivity index (χ2n) is 12.2. The van der Waals surface area contributed by atoms with E-state index >= 15 is 0 Å². The number of rotatable bonds is 6. The van der Waals surface area contributed by atoms with Gasteiger partial charge in [0.15, 0.2) is 6.29 Å². The Bertz CT molecular complexity index is 677. The molecule has 0 aromatic carbocycles. The highest BCUT2D eigenvalue weighted by molar-refractivity contribution is 5.08. The zero-order valence-electron chi connectivity index (χ0n) is 20.9. The molecule has 0 aromatic rings. The van der Waals surface area contributed by atoms with Crippen LogP contribution in [0.1, 0.15) is 86.5 Å². The fourth-order valence-electron chi connectivity index (χ4n) is 7.28. The number of aliphatic hydroxyl groups excluding tert-OH is 3. The van der Waals surface area contributed by atoms with Crippen LogP contribution < -0.4 is 0 Å². The Kier molecular flexibility index (Phi) is 7.29. The first kappa shape index (κ1) is 26.1. The van der Waals surface area contributed by atoms with Gasteiger partial charge in [-0.05, 0) is 82.0 Å². The summed E-state index contributed by atoms with van der Waals surface area (Å²) in [6.07, 6.45) is 2.94. The highest BCUT2D eigenvalue weighted by Crippen LogP contribution is 2.63. The number of ether oxygens (including phenoxy) is 2. The van der Waals surface area contributed by atoms with Crippen molar-refractivity contribution in [3.05, 3.63) is 12.7 Å². The predicted molar refractivity (Wildman–Crippen MR) is 124 cm³/mol. The molecule has 3 rings (SSSR count). The summed E-state index contributed by atoms with van der Waals surface area (Å²) in [7, 11) is 0. The molecule has 0 spiro atoms. The average Bonchev–Trinajstić information content (AvgIpc) is 2.68. The summed E-state index contributed by atoms with van der Waals surface area (Å²) < 4.78 is 11.8. The molecule has 2 aliphatic carbocycles. The molecule has 3 fully saturated rings. The van der Waals surface area contributed by atoms with E-state index < -0.39 is 41.9 Å². The molecular weight excluding hydrogens is 408 g/mol. The Morgan fingerprint density at radius 2 is 1.72 bits per heavy atom. The quantitative estimate of drug-likeness (QED) is 0.458. The van der Waals surface area contributed by atoms with Crippen LogP contribution in [-0.2, 0) is 9.47 Å². The van der Waals surface area contributed by atoms with Crippen molar-refractivity contribution in [3.8, 4) is 0 Å². The number of hydrogen-bond donors (Lipinski definition) is 4. The molecule has 4 N–H and O–H groups in total. The van der Waals surface area contributed by atoms with Crippen LogP contribution in [0.2, 0.25) is 0 Å². The van der Waals surface area contributed by atoms with Gasteiger partial charge < -0.3 is 29.9 Å². The maximum absolute atomic E-state index is 11.4. The minimum Gasteiger partial charge on any atom is -0.390 e. The van der Waals surface area contributed by atoms with Gasteiger partial charge in [0, 0.05) is 0 Å². The van der Waals surface area contributed by atoms with Gasteiger partial charge in [-0.1, -0.05) is 33.3 Å². The van der Waals surface area contributed by atoms with Crippen LogP contribution in [0.5, 0.6) is 0 Å². The van der Waals surface area contributed by atoms with E-state index in [9.17, 15) is 20.4 Å². The SMILES string of the molecule is C=C[C@@](C)(CC[C@@H]1[C@@]2(C)CCCC(C)(C)[C@@H]2CC[C@@]1(C)O)O[C@@H]1O[C@H](C)[C@H](O)[C@H](O)[C@H]1O. The normalized spacial score (nSPS) is 48.5. The van der Waals surface area contributed by atoms with Gasteiger partial charge in [0.1, 0.15) is 18.3 Å². The zero-order chi connectivity index (χ0) is 24.1. The Morgan fingerprint density at radius 1 is 1.06 bits per heavy atom. The van der Waals surface area contributed by atoms with Crippen molar-refractivity contribution in [1.29, 1.82) is 0 Å². The van der Waals surface area contributed by atoms with Crippen LogP contribution in [0, 0.1) is 22.7 Å². The molecule has 0 aromatic heterocycles. The van der Waals surface area contributed by atoms with Gasteiger partial charge in [0.25, 0.3) is 0 Å². The van der Waals surface area contributed by atoms with Crippen LogP contribution in [0.3, 0.4) is 0 Å². The van der Waals surface area contributed by atoms with E-state index in [1.54, 1.807) is 13.0 Å². The van der Waals surface area contributed by atoms with E-state index in [1.807, 2.05) is 13.8 Å². The lowest BCUT2D eigenvalue weighted by Crippen LogP contribution is -2.59. The molecule has 2 saturated carbocycles. The highest BCUT2D eigenvalue weighted by atomic mass is 16.7. The summed E-state index contributed by atoms with van der Waals surface area (Å²) in [5.41, 5.74) is -1.22. The van der Waals surface area contributed by atoms with Crippen molar-refractivity contribution in [2.75, 3.05) is 0 Å². The summed E-state index contributed by atoms with van der Waals surface area (Å²) in [5, 5.41) is 42.0. The van der Waals surface area contributed by atoms with Gasteiger partial charge in [0.2, 0.25) is 0 Å². The first-order valence-corrected chi connectivity index (χ1v) is 12.4. The second-order valence-corrected chi connectivity index (χ2v) is 12.2. The smallest absolute Gasteiger partial charge is 0.187 e.